The van der Waals surface area contributed by atoms with Crippen molar-refractivity contribution < 1.29 is 10.0 Å². The Balaban J connectivity index is 1.41. The molecule has 0 saturated carbocycles. The van der Waals surface area contributed by atoms with Gasteiger partial charge in [0.05, 0.1) is 12.6 Å². The van der Waals surface area contributed by atoms with Crippen LogP contribution in [-0.4, -0.2) is 64.8 Å². The molecule has 0 bridgehead atoms. The maximum atomic E-state index is 11.0. The molecule has 1 N–H and O–H groups in total. The summed E-state index contributed by atoms with van der Waals surface area (Å²) in [4.78, 5) is 16.6. The first kappa shape index (κ1) is 20.4. The van der Waals surface area contributed by atoms with Crippen molar-refractivity contribution in [3.63, 3.8) is 0 Å². The molecule has 1 aromatic heterocycles. The molecule has 3 rings (SSSR count). The molecule has 0 aliphatic carbocycles. The van der Waals surface area contributed by atoms with Gasteiger partial charge in [-0.25, -0.2) is 4.57 Å². The first-order chi connectivity index (χ1) is 13.1. The van der Waals surface area contributed by atoms with E-state index in [1.165, 1.54) is 49.1 Å². The van der Waals surface area contributed by atoms with Crippen LogP contribution in [0.4, 0.5) is 5.95 Å². The highest BCUT2D eigenvalue weighted by atomic mass is 16.6. The third-order valence-electron chi connectivity index (χ3n) is 5.47. The fourth-order valence-corrected chi connectivity index (χ4v) is 3.64. The van der Waals surface area contributed by atoms with Gasteiger partial charge in [-0.15, -0.1) is 0 Å². The lowest BCUT2D eigenvalue weighted by Crippen LogP contribution is -2.36. The Bertz CT molecular complexity index is 573. The summed E-state index contributed by atoms with van der Waals surface area (Å²) in [6, 6.07) is 0. The molecule has 27 heavy (non-hydrogen) atoms. The monoisotopic (exact) mass is 372 g/mol. The van der Waals surface area contributed by atoms with Gasteiger partial charge in [0, 0.05) is 6.54 Å². The van der Waals surface area contributed by atoms with Crippen molar-refractivity contribution in [1.29, 1.82) is 0 Å². The van der Waals surface area contributed by atoms with Crippen LogP contribution in [-0.2, 0) is 6.54 Å². The van der Waals surface area contributed by atoms with E-state index in [2.05, 4.69) is 24.4 Å². The van der Waals surface area contributed by atoms with Crippen molar-refractivity contribution in [1.82, 2.24) is 14.5 Å². The maximum absolute atomic E-state index is 11.0. The zero-order valence-corrected chi connectivity index (χ0v) is 16.1. The van der Waals surface area contributed by atoms with E-state index in [1.807, 2.05) is 0 Å². The minimum atomic E-state index is -0.633. The molecule has 1 aromatic rings. The fourth-order valence-electron chi connectivity index (χ4n) is 3.64. The standard InChI is InChI=1S/C18H30B2N4O3/c25-17(14-23-10-7-21-18(23)24(26)27)13-22(8-3-1-5-15-11-19-15)9-4-2-6-16-12-20-16/h7,10,15-17,25H,1-6,8-9,11-14H2. The van der Waals surface area contributed by atoms with Gasteiger partial charge < -0.3 is 20.1 Å². The molecule has 0 spiro atoms. The molecule has 2 aliphatic heterocycles. The summed E-state index contributed by atoms with van der Waals surface area (Å²) >= 11 is 0. The lowest BCUT2D eigenvalue weighted by Gasteiger charge is -2.25. The number of rotatable bonds is 15. The maximum Gasteiger partial charge on any atom is 0.434 e. The van der Waals surface area contributed by atoms with Crippen LogP contribution in [0.1, 0.15) is 38.5 Å². The lowest BCUT2D eigenvalue weighted by atomic mass is 9.98. The summed E-state index contributed by atoms with van der Waals surface area (Å²) in [5.41, 5.74) is 0. The summed E-state index contributed by atoms with van der Waals surface area (Å²) < 4.78 is 1.43. The van der Waals surface area contributed by atoms with Crippen LogP contribution in [0.25, 0.3) is 0 Å². The van der Waals surface area contributed by atoms with E-state index in [4.69, 9.17) is 0 Å². The van der Waals surface area contributed by atoms with Gasteiger partial charge in [-0.1, -0.05) is 54.9 Å². The van der Waals surface area contributed by atoms with Crippen LogP contribution in [0.3, 0.4) is 0 Å². The molecular formula is C18H30B2N4O3. The van der Waals surface area contributed by atoms with Crippen molar-refractivity contribution in [3.8, 4) is 0 Å². The first-order valence-electron chi connectivity index (χ1n) is 10.3. The van der Waals surface area contributed by atoms with Crippen LogP contribution in [0.15, 0.2) is 12.4 Å². The molecule has 2 fully saturated rings. The minimum Gasteiger partial charge on any atom is -0.390 e. The van der Waals surface area contributed by atoms with Gasteiger partial charge in [-0.2, -0.15) is 0 Å². The van der Waals surface area contributed by atoms with Crippen LogP contribution >= 0.6 is 0 Å². The first-order valence-corrected chi connectivity index (χ1v) is 10.3. The average Bonchev–Trinajstić information content (AvgIpc) is 3.55. The van der Waals surface area contributed by atoms with E-state index in [0.717, 1.165) is 37.6 Å². The van der Waals surface area contributed by atoms with Gasteiger partial charge >= 0.3 is 5.95 Å². The number of hydrogen-bond acceptors (Lipinski definition) is 5. The highest BCUT2D eigenvalue weighted by Gasteiger charge is 2.23. The number of aliphatic hydroxyl groups is 1. The molecule has 7 nitrogen and oxygen atoms in total. The molecule has 3 unspecified atom stereocenters. The molecule has 3 heterocycles. The van der Waals surface area contributed by atoms with E-state index in [1.54, 1.807) is 6.20 Å². The zero-order chi connectivity index (χ0) is 19.1. The number of unbranched alkanes of at least 4 members (excludes halogenated alkanes) is 2. The minimum absolute atomic E-state index is 0.207. The second-order valence-electron chi connectivity index (χ2n) is 8.05. The molecule has 3 atom stereocenters. The van der Waals surface area contributed by atoms with E-state index in [0.29, 0.717) is 6.54 Å². The number of imidazole rings is 1. The van der Waals surface area contributed by atoms with Gasteiger partial charge in [-0.3, -0.25) is 0 Å². The van der Waals surface area contributed by atoms with Gasteiger partial charge in [0.25, 0.3) is 0 Å². The van der Waals surface area contributed by atoms with Crippen molar-refractivity contribution in [2.75, 3.05) is 19.6 Å². The summed E-state index contributed by atoms with van der Waals surface area (Å²) in [6.45, 7) is 2.75. The molecule has 2 aliphatic rings. The number of hydrogen-bond donors (Lipinski definition) is 1. The quantitative estimate of drug-likeness (QED) is 0.222. The van der Waals surface area contributed by atoms with E-state index < -0.39 is 11.0 Å². The van der Waals surface area contributed by atoms with E-state index in [-0.39, 0.29) is 12.5 Å². The number of nitro groups is 1. The molecule has 0 aromatic carbocycles. The second-order valence-corrected chi connectivity index (χ2v) is 8.05. The van der Waals surface area contributed by atoms with E-state index >= 15 is 0 Å². The topological polar surface area (TPSA) is 84.4 Å². The predicted molar refractivity (Wildman–Crippen MR) is 108 cm³/mol. The highest BCUT2D eigenvalue weighted by Crippen LogP contribution is 2.33. The summed E-state index contributed by atoms with van der Waals surface area (Å²) in [5, 5.41) is 21.5. The number of aliphatic hydroxyl groups excluding tert-OH is 1. The molecule has 2 radical (unpaired) electrons. The summed E-state index contributed by atoms with van der Waals surface area (Å²) in [6.07, 6.45) is 12.2. The van der Waals surface area contributed by atoms with Crippen LogP contribution < -0.4 is 0 Å². The third kappa shape index (κ3) is 7.66. The molecule has 9 heteroatoms. The van der Waals surface area contributed by atoms with Crippen molar-refractivity contribution in [2.45, 2.75) is 75.4 Å². The number of nitrogens with zero attached hydrogens (tertiary/aromatic N) is 4. The SMILES string of the molecule is O=[N+]([O-])c1nccn1CC(O)CN(CCCCC1[B]C1)CCCCC1[B]C1. The smallest absolute Gasteiger partial charge is 0.390 e. The Hall–Kier alpha value is -1.34. The molecule has 2 saturated heterocycles. The van der Waals surface area contributed by atoms with Crippen molar-refractivity contribution >= 4 is 20.5 Å². The van der Waals surface area contributed by atoms with Gasteiger partial charge in [0.15, 0.2) is 0 Å². The zero-order valence-electron chi connectivity index (χ0n) is 16.1. The Labute approximate surface area is 163 Å². The predicted octanol–water partition coefficient (Wildman–Crippen LogP) is 2.64. The molecular weight excluding hydrogens is 342 g/mol. The molecule has 146 valence electrons. The van der Waals surface area contributed by atoms with Gasteiger partial charge in [0.2, 0.25) is 0 Å². The summed E-state index contributed by atoms with van der Waals surface area (Å²) in [5.74, 6) is 1.49. The van der Waals surface area contributed by atoms with Gasteiger partial charge in [-0.05, 0) is 30.9 Å². The Kier molecular flexibility index (Phi) is 7.76. The molecule has 0 amide bonds. The lowest BCUT2D eigenvalue weighted by molar-refractivity contribution is -0.397. The summed E-state index contributed by atoms with van der Waals surface area (Å²) in [7, 11) is 4.74. The van der Waals surface area contributed by atoms with Crippen molar-refractivity contribution in [2.24, 2.45) is 0 Å². The third-order valence-corrected chi connectivity index (χ3v) is 5.47. The van der Waals surface area contributed by atoms with Crippen LogP contribution in [0, 0.1) is 10.1 Å². The Morgan fingerprint density at radius 3 is 2.33 bits per heavy atom. The Morgan fingerprint density at radius 2 is 1.81 bits per heavy atom. The van der Waals surface area contributed by atoms with Crippen LogP contribution in [0.2, 0.25) is 24.3 Å². The highest BCUT2D eigenvalue weighted by molar-refractivity contribution is 6.51. The van der Waals surface area contributed by atoms with Gasteiger partial charge in [0.1, 0.15) is 27.0 Å². The normalized spacial score (nSPS) is 21.6. The number of aromatic nitrogens is 2. The second kappa shape index (κ2) is 10.3. The largest absolute Gasteiger partial charge is 0.434 e. The Morgan fingerprint density at radius 1 is 1.22 bits per heavy atom. The van der Waals surface area contributed by atoms with E-state index in [9.17, 15) is 15.2 Å². The van der Waals surface area contributed by atoms with Crippen LogP contribution in [0.5, 0.6) is 0 Å². The average molecular weight is 372 g/mol. The van der Waals surface area contributed by atoms with Crippen molar-refractivity contribution in [3.05, 3.63) is 22.5 Å². The fraction of sp³-hybridized carbons (Fsp3) is 0.833.